The van der Waals surface area contributed by atoms with Crippen LogP contribution in [0.1, 0.15) is 60.1 Å². The molecular formula is C42H39FN8O8S. The molecule has 5 heterocycles. The molecule has 0 aliphatic carbocycles. The van der Waals surface area contributed by atoms with Crippen LogP contribution in [0.15, 0.2) is 67.1 Å². The molecule has 308 valence electrons. The van der Waals surface area contributed by atoms with Gasteiger partial charge in [-0.1, -0.05) is 12.1 Å². The van der Waals surface area contributed by atoms with Crippen molar-refractivity contribution < 1.29 is 42.6 Å². The number of piperidine rings is 1. The molecule has 6 amide bonds. The maximum atomic E-state index is 14.6. The molecule has 1 unspecified atom stereocenters. The molecule has 2 aromatic heterocycles. The van der Waals surface area contributed by atoms with Gasteiger partial charge in [0.2, 0.25) is 17.7 Å². The molecule has 1 saturated heterocycles. The van der Waals surface area contributed by atoms with Crippen LogP contribution in [-0.2, 0) is 39.0 Å². The third-order valence-corrected chi connectivity index (χ3v) is 11.3. The van der Waals surface area contributed by atoms with E-state index in [1.54, 1.807) is 35.1 Å². The van der Waals surface area contributed by atoms with Crippen LogP contribution in [-0.4, -0.2) is 93.8 Å². The number of imide groups is 2. The highest BCUT2D eigenvalue weighted by molar-refractivity contribution is 7.16. The minimum Gasteiger partial charge on any atom is -0.488 e. The molecule has 0 saturated carbocycles. The highest BCUT2D eigenvalue weighted by atomic mass is 32.1. The predicted octanol–water partition coefficient (Wildman–Crippen LogP) is 4.28. The van der Waals surface area contributed by atoms with Crippen LogP contribution < -0.4 is 25.6 Å². The zero-order valence-electron chi connectivity index (χ0n) is 32.6. The second-order valence-electron chi connectivity index (χ2n) is 14.4. The zero-order chi connectivity index (χ0) is 42.1. The number of halogens is 1. The first-order chi connectivity index (χ1) is 28.9. The molecule has 60 heavy (non-hydrogen) atoms. The van der Waals surface area contributed by atoms with Gasteiger partial charge in [-0.25, -0.2) is 14.4 Å². The summed E-state index contributed by atoms with van der Waals surface area (Å²) < 4.78 is 27.6. The van der Waals surface area contributed by atoms with Crippen molar-refractivity contribution in [2.75, 3.05) is 48.4 Å². The van der Waals surface area contributed by atoms with Gasteiger partial charge in [0.1, 0.15) is 18.3 Å². The number of carbonyl (C=O) groups excluding carboxylic acids is 6. The number of amides is 6. The summed E-state index contributed by atoms with van der Waals surface area (Å²) in [5.74, 6) is -3.32. The molecule has 3 N–H and O–H groups in total. The van der Waals surface area contributed by atoms with Gasteiger partial charge in [-0.3, -0.25) is 39.0 Å². The van der Waals surface area contributed by atoms with Crippen molar-refractivity contribution in [1.29, 1.82) is 0 Å². The average molecular weight is 835 g/mol. The fraction of sp³-hybridized carbons (Fsp3) is 0.286. The first-order valence-corrected chi connectivity index (χ1v) is 20.0. The first-order valence-electron chi connectivity index (χ1n) is 19.2. The number of nitrogens with zero attached hydrogens (tertiary/aromatic N) is 5. The first kappa shape index (κ1) is 40.0. The van der Waals surface area contributed by atoms with Crippen LogP contribution in [0, 0.1) is 12.7 Å². The minimum absolute atomic E-state index is 0.0182. The van der Waals surface area contributed by atoms with Crippen LogP contribution in [0.25, 0.3) is 11.3 Å². The Morgan fingerprint density at radius 1 is 0.983 bits per heavy atom. The number of benzene rings is 3. The molecule has 1 atom stereocenters. The van der Waals surface area contributed by atoms with Crippen LogP contribution in [0.2, 0.25) is 0 Å². The summed E-state index contributed by atoms with van der Waals surface area (Å²) in [5.41, 5.74) is 5.48. The van der Waals surface area contributed by atoms with Crippen molar-refractivity contribution in [1.82, 2.24) is 24.8 Å². The van der Waals surface area contributed by atoms with Gasteiger partial charge in [-0.05, 0) is 73.4 Å². The maximum Gasteiger partial charge on any atom is 0.276 e. The van der Waals surface area contributed by atoms with Gasteiger partial charge in [0.25, 0.3) is 17.7 Å². The number of imidazole rings is 1. The topological polar surface area (TPSA) is 194 Å². The van der Waals surface area contributed by atoms with E-state index in [4.69, 9.17) is 14.5 Å². The highest BCUT2D eigenvalue weighted by Gasteiger charge is 2.44. The summed E-state index contributed by atoms with van der Waals surface area (Å²) in [7, 11) is 1.79. The van der Waals surface area contributed by atoms with Crippen LogP contribution in [0.4, 0.5) is 20.9 Å². The van der Waals surface area contributed by atoms with E-state index >= 15 is 0 Å². The molecule has 3 aliphatic heterocycles. The number of fused-ring (bicyclic) bond motifs is 2. The Bertz CT molecular complexity index is 2570. The Balaban J connectivity index is 0.783. The second kappa shape index (κ2) is 16.8. The van der Waals surface area contributed by atoms with Gasteiger partial charge in [-0.15, -0.1) is 11.3 Å². The van der Waals surface area contributed by atoms with Crippen molar-refractivity contribution in [3.8, 4) is 17.0 Å². The lowest BCUT2D eigenvalue weighted by Crippen LogP contribution is -2.54. The summed E-state index contributed by atoms with van der Waals surface area (Å²) in [4.78, 5) is 88.4. The van der Waals surface area contributed by atoms with Crippen molar-refractivity contribution in [3.63, 3.8) is 0 Å². The van der Waals surface area contributed by atoms with Gasteiger partial charge in [0, 0.05) is 48.4 Å². The largest absolute Gasteiger partial charge is 0.488 e. The van der Waals surface area contributed by atoms with Crippen molar-refractivity contribution in [2.45, 2.75) is 38.6 Å². The summed E-state index contributed by atoms with van der Waals surface area (Å²) in [6.45, 7) is 3.27. The predicted molar refractivity (Wildman–Crippen MR) is 218 cm³/mol. The standard InChI is InChI=1S/C42H39FN8O8S/c1-23-37(26-4-8-31-25(19-26)11-13-50(31)41(57)33-21-44-22-49(33)2)48-42(60-23)47-36(53)18-24-3-7-30(43)34(17-24)59-16-15-58-14-12-45-27-5-6-28-29(20-27)40(56)51(39(28)55)32-9-10-35(52)46-38(32)54/h3-8,17,19-22,32,45H,9-16,18H2,1-2H3,(H,46,52,54)(H,47,48,53). The number of thiazole rings is 1. The highest BCUT2D eigenvalue weighted by Crippen LogP contribution is 2.36. The van der Waals surface area contributed by atoms with Gasteiger partial charge in [-0.2, -0.15) is 0 Å². The van der Waals surface area contributed by atoms with Crippen molar-refractivity contribution in [3.05, 3.63) is 106 Å². The van der Waals surface area contributed by atoms with E-state index in [1.807, 2.05) is 25.1 Å². The van der Waals surface area contributed by atoms with E-state index in [0.717, 1.165) is 32.3 Å². The third-order valence-electron chi connectivity index (χ3n) is 10.4. The fourth-order valence-corrected chi connectivity index (χ4v) is 8.31. The Hall–Kier alpha value is -6.79. The van der Waals surface area contributed by atoms with Gasteiger partial charge < -0.3 is 29.6 Å². The van der Waals surface area contributed by atoms with Crippen LogP contribution >= 0.6 is 11.3 Å². The number of carbonyl (C=O) groups is 6. The van der Waals surface area contributed by atoms with Crippen LogP contribution in [0.5, 0.6) is 5.75 Å². The molecule has 1 fully saturated rings. The van der Waals surface area contributed by atoms with E-state index in [0.29, 0.717) is 41.6 Å². The smallest absolute Gasteiger partial charge is 0.276 e. The fourth-order valence-electron chi connectivity index (χ4n) is 7.46. The number of nitrogens with one attached hydrogen (secondary N) is 3. The van der Waals surface area contributed by atoms with Gasteiger partial charge in [0.05, 0.1) is 49.0 Å². The number of ether oxygens (including phenoxy) is 2. The molecule has 5 aromatic rings. The lowest BCUT2D eigenvalue weighted by Gasteiger charge is -2.27. The zero-order valence-corrected chi connectivity index (χ0v) is 33.4. The number of hydrogen-bond acceptors (Lipinski definition) is 12. The normalized spacial score (nSPS) is 15.9. The molecule has 0 bridgehead atoms. The molecule has 16 nitrogen and oxygen atoms in total. The van der Waals surface area contributed by atoms with Crippen molar-refractivity contribution in [2.24, 2.45) is 7.05 Å². The number of aromatic nitrogens is 3. The van der Waals surface area contributed by atoms with E-state index < -0.39 is 35.5 Å². The number of anilines is 3. The third kappa shape index (κ3) is 8.10. The van der Waals surface area contributed by atoms with Crippen molar-refractivity contribution >= 4 is 63.3 Å². The Kier molecular flexibility index (Phi) is 11.2. The molecule has 8 rings (SSSR count). The SMILES string of the molecule is Cc1sc(NC(=O)Cc2ccc(F)c(OCCOCCNc3ccc4c(c3)C(=O)N(C3CCC(=O)NC3=O)C4=O)c2)nc1-c1ccc2c(c1)CCN2C(=O)c1cncn1C. The monoisotopic (exact) mass is 834 g/mol. The lowest BCUT2D eigenvalue weighted by atomic mass is 10.0. The molecule has 18 heteroatoms. The second-order valence-corrected chi connectivity index (χ2v) is 15.7. The Morgan fingerprint density at radius 2 is 1.82 bits per heavy atom. The number of aryl methyl sites for hydroxylation is 2. The summed E-state index contributed by atoms with van der Waals surface area (Å²) in [6.07, 6.45) is 3.95. The quantitative estimate of drug-likeness (QED) is 0.107. The van der Waals surface area contributed by atoms with Crippen LogP contribution in [0.3, 0.4) is 0 Å². The summed E-state index contributed by atoms with van der Waals surface area (Å²) in [6, 6.07) is 13.8. The summed E-state index contributed by atoms with van der Waals surface area (Å²) >= 11 is 1.35. The number of hydrogen-bond donors (Lipinski definition) is 3. The average Bonchev–Trinajstić information content (AvgIpc) is 4.00. The minimum atomic E-state index is -1.04. The molecule has 0 radical (unpaired) electrons. The van der Waals surface area contributed by atoms with E-state index in [-0.39, 0.29) is 67.8 Å². The van der Waals surface area contributed by atoms with E-state index in [9.17, 15) is 33.2 Å². The maximum absolute atomic E-state index is 14.6. The van der Waals surface area contributed by atoms with Gasteiger partial charge >= 0.3 is 0 Å². The molecule has 3 aromatic carbocycles. The number of rotatable bonds is 14. The van der Waals surface area contributed by atoms with Gasteiger partial charge in [0.15, 0.2) is 16.7 Å². The molecule has 3 aliphatic rings. The van der Waals surface area contributed by atoms with E-state index in [2.05, 4.69) is 20.9 Å². The Morgan fingerprint density at radius 3 is 2.62 bits per heavy atom. The van der Waals surface area contributed by atoms with E-state index in [1.165, 1.54) is 41.7 Å². The molecule has 0 spiro atoms. The Labute approximate surface area is 346 Å². The molecular weight excluding hydrogens is 796 g/mol. The summed E-state index contributed by atoms with van der Waals surface area (Å²) in [5, 5.41) is 8.59. The lowest BCUT2D eigenvalue weighted by molar-refractivity contribution is -0.136.